The summed E-state index contributed by atoms with van der Waals surface area (Å²) in [7, 11) is 0. The van der Waals surface area contributed by atoms with Gasteiger partial charge in [-0.2, -0.15) is 0 Å². The van der Waals surface area contributed by atoms with E-state index in [0.29, 0.717) is 12.0 Å². The molecule has 20 heavy (non-hydrogen) atoms. The number of hydrogen-bond donors (Lipinski definition) is 0. The molecule has 0 unspecified atom stereocenters. The van der Waals surface area contributed by atoms with E-state index in [1.54, 1.807) is 0 Å². The molecule has 0 aliphatic carbocycles. The maximum absolute atomic E-state index is 5.97. The molecule has 1 heteroatoms. The van der Waals surface area contributed by atoms with Crippen LogP contribution in [-0.4, -0.2) is 12.7 Å². The largest absolute Gasteiger partial charge is 0.378 e. The van der Waals surface area contributed by atoms with Gasteiger partial charge in [0.2, 0.25) is 0 Å². The normalized spacial score (nSPS) is 22.6. The van der Waals surface area contributed by atoms with E-state index in [2.05, 4.69) is 61.5 Å². The first-order valence-corrected chi connectivity index (χ1v) is 7.54. The van der Waals surface area contributed by atoms with E-state index >= 15 is 0 Å². The molecule has 1 nitrogen and oxygen atoms in total. The van der Waals surface area contributed by atoms with E-state index in [4.69, 9.17) is 4.74 Å². The van der Waals surface area contributed by atoms with Gasteiger partial charge in [-0.3, -0.25) is 0 Å². The number of benzene rings is 2. The van der Waals surface area contributed by atoms with Crippen LogP contribution in [0.1, 0.15) is 35.4 Å². The summed E-state index contributed by atoms with van der Waals surface area (Å²) < 4.78 is 5.97. The van der Waals surface area contributed by atoms with E-state index < -0.39 is 0 Å². The smallest absolute Gasteiger partial charge is 0.0621 e. The van der Waals surface area contributed by atoms with E-state index in [9.17, 15) is 0 Å². The Morgan fingerprint density at radius 3 is 2.55 bits per heavy atom. The van der Waals surface area contributed by atoms with Crippen LogP contribution in [0.4, 0.5) is 0 Å². The van der Waals surface area contributed by atoms with Crippen LogP contribution in [0.5, 0.6) is 0 Å². The van der Waals surface area contributed by atoms with Crippen LogP contribution in [0.25, 0.3) is 0 Å². The lowest BCUT2D eigenvalue weighted by molar-refractivity contribution is 0.00721. The third kappa shape index (κ3) is 3.10. The molecule has 104 valence electrons. The number of rotatable bonds is 3. The minimum atomic E-state index is 0.357. The molecule has 2 aromatic rings. The second-order valence-electron chi connectivity index (χ2n) is 5.76. The summed E-state index contributed by atoms with van der Waals surface area (Å²) in [5.74, 6) is 0.652. The Kier molecular flexibility index (Phi) is 4.17. The molecule has 0 bridgehead atoms. The van der Waals surface area contributed by atoms with Crippen LogP contribution in [-0.2, 0) is 11.2 Å². The third-order valence-electron chi connectivity index (χ3n) is 4.30. The average Bonchev–Trinajstić information content (AvgIpc) is 2.49. The topological polar surface area (TPSA) is 9.23 Å². The van der Waals surface area contributed by atoms with Crippen molar-refractivity contribution in [2.75, 3.05) is 6.61 Å². The lowest BCUT2D eigenvalue weighted by atomic mass is 9.85. The van der Waals surface area contributed by atoms with E-state index in [0.717, 1.165) is 25.9 Å². The molecule has 0 amide bonds. The van der Waals surface area contributed by atoms with Crippen LogP contribution in [0.2, 0.25) is 0 Å². The molecule has 3 rings (SSSR count). The van der Waals surface area contributed by atoms with Crippen molar-refractivity contribution in [1.82, 2.24) is 0 Å². The van der Waals surface area contributed by atoms with Gasteiger partial charge in [-0.15, -0.1) is 0 Å². The molecule has 0 N–H and O–H groups in total. The van der Waals surface area contributed by atoms with E-state index in [-0.39, 0.29) is 0 Å². The van der Waals surface area contributed by atoms with Crippen LogP contribution in [0, 0.1) is 6.92 Å². The van der Waals surface area contributed by atoms with Gasteiger partial charge in [0.1, 0.15) is 0 Å². The summed E-state index contributed by atoms with van der Waals surface area (Å²) in [5.41, 5.74) is 4.30. The summed E-state index contributed by atoms with van der Waals surface area (Å²) in [6.07, 6.45) is 3.68. The minimum absolute atomic E-state index is 0.357. The number of ether oxygens (including phenoxy) is 1. The fourth-order valence-electron chi connectivity index (χ4n) is 3.23. The van der Waals surface area contributed by atoms with Gasteiger partial charge in [-0.25, -0.2) is 0 Å². The van der Waals surface area contributed by atoms with E-state index in [1.165, 1.54) is 16.7 Å². The molecule has 0 saturated carbocycles. The Balaban J connectivity index is 1.69. The fraction of sp³-hybridized carbons (Fsp3) is 0.368. The molecule has 0 spiro atoms. The molecular formula is C19H22O. The van der Waals surface area contributed by atoms with Gasteiger partial charge in [0.25, 0.3) is 0 Å². The van der Waals surface area contributed by atoms with Gasteiger partial charge in [0, 0.05) is 6.61 Å². The summed E-state index contributed by atoms with van der Waals surface area (Å²) in [4.78, 5) is 0. The number of aryl methyl sites for hydroxylation is 1. The highest BCUT2D eigenvalue weighted by Crippen LogP contribution is 2.32. The standard InChI is InChI=1S/C19H22O/c1-15-7-5-6-10-19(15)17-11-12-20-18(14-17)13-16-8-3-2-4-9-16/h2-10,17-18H,11-14H2,1H3/t17-,18-/m0/s1. The van der Waals surface area contributed by atoms with Crippen LogP contribution in [0.15, 0.2) is 54.6 Å². The third-order valence-corrected chi connectivity index (χ3v) is 4.30. The molecule has 1 heterocycles. The van der Waals surface area contributed by atoms with Crippen molar-refractivity contribution in [2.45, 2.75) is 38.2 Å². The van der Waals surface area contributed by atoms with Crippen molar-refractivity contribution in [3.63, 3.8) is 0 Å². The molecule has 0 radical (unpaired) electrons. The highest BCUT2D eigenvalue weighted by molar-refractivity contribution is 5.29. The molecule has 1 aliphatic rings. The second kappa shape index (κ2) is 6.23. The van der Waals surface area contributed by atoms with Crippen molar-refractivity contribution in [2.24, 2.45) is 0 Å². The maximum Gasteiger partial charge on any atom is 0.0621 e. The van der Waals surface area contributed by atoms with Gasteiger partial charge < -0.3 is 4.74 Å². The second-order valence-corrected chi connectivity index (χ2v) is 5.76. The molecule has 2 aromatic carbocycles. The van der Waals surface area contributed by atoms with Crippen molar-refractivity contribution in [3.05, 3.63) is 71.3 Å². The van der Waals surface area contributed by atoms with Crippen molar-refractivity contribution < 1.29 is 4.74 Å². The Bertz CT molecular complexity index is 547. The lowest BCUT2D eigenvalue weighted by Crippen LogP contribution is -2.26. The Morgan fingerprint density at radius 1 is 1.00 bits per heavy atom. The maximum atomic E-state index is 5.97. The average molecular weight is 266 g/mol. The highest BCUT2D eigenvalue weighted by atomic mass is 16.5. The summed E-state index contributed by atoms with van der Waals surface area (Å²) >= 11 is 0. The van der Waals surface area contributed by atoms with Crippen LogP contribution in [0.3, 0.4) is 0 Å². The number of hydrogen-bond acceptors (Lipinski definition) is 1. The Hall–Kier alpha value is -1.60. The molecule has 2 atom stereocenters. The first kappa shape index (κ1) is 13.4. The first-order valence-electron chi connectivity index (χ1n) is 7.54. The quantitative estimate of drug-likeness (QED) is 0.794. The molecule has 0 aromatic heterocycles. The fourth-order valence-corrected chi connectivity index (χ4v) is 3.23. The van der Waals surface area contributed by atoms with Crippen molar-refractivity contribution in [1.29, 1.82) is 0 Å². The SMILES string of the molecule is Cc1ccccc1[C@H]1CCO[C@@H](Cc2ccccc2)C1. The first-order chi connectivity index (χ1) is 9.83. The monoisotopic (exact) mass is 266 g/mol. The van der Waals surface area contributed by atoms with Gasteiger partial charge in [-0.05, 0) is 48.8 Å². The lowest BCUT2D eigenvalue weighted by Gasteiger charge is -2.30. The zero-order chi connectivity index (χ0) is 13.8. The van der Waals surface area contributed by atoms with Gasteiger partial charge in [-0.1, -0.05) is 54.6 Å². The van der Waals surface area contributed by atoms with Crippen LogP contribution >= 0.6 is 0 Å². The van der Waals surface area contributed by atoms with Gasteiger partial charge in [0.15, 0.2) is 0 Å². The highest BCUT2D eigenvalue weighted by Gasteiger charge is 2.24. The van der Waals surface area contributed by atoms with E-state index in [1.807, 2.05) is 0 Å². The van der Waals surface area contributed by atoms with Gasteiger partial charge in [0.05, 0.1) is 6.10 Å². The van der Waals surface area contributed by atoms with Crippen molar-refractivity contribution >= 4 is 0 Å². The molecule has 1 saturated heterocycles. The predicted molar refractivity (Wildman–Crippen MR) is 83.0 cm³/mol. The van der Waals surface area contributed by atoms with Crippen molar-refractivity contribution in [3.8, 4) is 0 Å². The zero-order valence-electron chi connectivity index (χ0n) is 12.1. The van der Waals surface area contributed by atoms with Gasteiger partial charge >= 0.3 is 0 Å². The summed E-state index contributed by atoms with van der Waals surface area (Å²) in [5, 5.41) is 0. The summed E-state index contributed by atoms with van der Waals surface area (Å²) in [6.45, 7) is 3.10. The van der Waals surface area contributed by atoms with Crippen LogP contribution < -0.4 is 0 Å². The zero-order valence-corrected chi connectivity index (χ0v) is 12.1. The molecule has 1 aliphatic heterocycles. The molecule has 1 fully saturated rings. The minimum Gasteiger partial charge on any atom is -0.378 e. The molecular weight excluding hydrogens is 244 g/mol. The summed E-state index contributed by atoms with van der Waals surface area (Å²) in [6, 6.07) is 19.5. The predicted octanol–water partition coefficient (Wildman–Crippen LogP) is 4.50. The Morgan fingerprint density at radius 2 is 1.75 bits per heavy atom. The Labute approximate surface area is 121 Å².